The molecule has 3 aromatic heterocycles. The number of hydrogen-bond acceptors (Lipinski definition) is 8. The zero-order valence-corrected chi connectivity index (χ0v) is 18.9. The van der Waals surface area contributed by atoms with E-state index in [2.05, 4.69) is 40.5 Å². The molecule has 0 unspecified atom stereocenters. The molecule has 3 heterocycles. The third-order valence-electron chi connectivity index (χ3n) is 5.70. The van der Waals surface area contributed by atoms with Crippen LogP contribution in [0.25, 0.3) is 5.69 Å². The number of aromatic nitrogens is 8. The second-order valence-electron chi connectivity index (χ2n) is 8.25. The summed E-state index contributed by atoms with van der Waals surface area (Å²) < 4.78 is 42.4. The first-order valence-electron chi connectivity index (χ1n) is 11.1. The van der Waals surface area contributed by atoms with Gasteiger partial charge in [0.2, 0.25) is 11.9 Å². The van der Waals surface area contributed by atoms with Crippen LogP contribution in [0.5, 0.6) is 0 Å². The minimum Gasteiger partial charge on any atom is -0.352 e. The number of halogens is 3. The first-order chi connectivity index (χ1) is 16.9. The Hall–Kier alpha value is -4.03. The number of aryl methyl sites for hydroxylation is 1. The van der Waals surface area contributed by atoms with Gasteiger partial charge in [0, 0.05) is 31.9 Å². The highest BCUT2D eigenvalue weighted by atomic mass is 19.4. The predicted molar refractivity (Wildman–Crippen MR) is 121 cm³/mol. The fourth-order valence-corrected chi connectivity index (χ4v) is 3.77. The smallest absolute Gasteiger partial charge is 0.352 e. The highest BCUT2D eigenvalue weighted by Crippen LogP contribution is 2.32. The summed E-state index contributed by atoms with van der Waals surface area (Å²) in [5, 5.41) is 15.7. The Labute approximate surface area is 198 Å². The summed E-state index contributed by atoms with van der Waals surface area (Å²) >= 11 is 0. The molecule has 13 heteroatoms. The predicted octanol–water partition coefficient (Wildman–Crippen LogP) is 3.26. The number of benzene rings is 1. The SMILES string of the molecule is Cc1nnc(N(Cc2ccc(-n3cncn3)cc2)C2CC2)n1CCNc1nccc(C(F)(F)F)n1. The van der Waals surface area contributed by atoms with Gasteiger partial charge in [-0.3, -0.25) is 4.57 Å². The molecule has 1 N–H and O–H groups in total. The van der Waals surface area contributed by atoms with Gasteiger partial charge in [0.25, 0.3) is 0 Å². The van der Waals surface area contributed by atoms with E-state index in [-0.39, 0.29) is 5.95 Å². The van der Waals surface area contributed by atoms with Crippen LogP contribution in [0.1, 0.15) is 29.9 Å². The molecule has 1 saturated carbocycles. The molecule has 0 spiro atoms. The van der Waals surface area contributed by atoms with E-state index in [9.17, 15) is 13.2 Å². The van der Waals surface area contributed by atoms with Crippen molar-refractivity contribution >= 4 is 11.9 Å². The number of nitrogens with one attached hydrogen (secondary N) is 1. The Morgan fingerprint density at radius 2 is 1.91 bits per heavy atom. The summed E-state index contributed by atoms with van der Waals surface area (Å²) in [5.74, 6) is 1.38. The largest absolute Gasteiger partial charge is 0.433 e. The van der Waals surface area contributed by atoms with Crippen molar-refractivity contribution in [2.24, 2.45) is 0 Å². The zero-order chi connectivity index (χ0) is 24.4. The lowest BCUT2D eigenvalue weighted by Crippen LogP contribution is -2.29. The number of nitrogens with zero attached hydrogens (tertiary/aromatic N) is 9. The summed E-state index contributed by atoms with van der Waals surface area (Å²) in [6, 6.07) is 9.29. The Morgan fingerprint density at radius 1 is 1.11 bits per heavy atom. The van der Waals surface area contributed by atoms with E-state index in [1.807, 2.05) is 35.8 Å². The standard InChI is InChI=1S/C22H23F3N10/c1-15-31-32-21(33(15)11-10-28-20-27-9-8-19(30-20)22(23,24)25)34(17-6-7-17)12-16-2-4-18(5-3-16)35-14-26-13-29-35/h2-5,8-9,13-14,17H,6-7,10-12H2,1H3,(H,27,28,30). The number of rotatable bonds is 9. The lowest BCUT2D eigenvalue weighted by atomic mass is 10.2. The van der Waals surface area contributed by atoms with Gasteiger partial charge in [0.05, 0.1) is 5.69 Å². The molecule has 4 aromatic rings. The summed E-state index contributed by atoms with van der Waals surface area (Å²) in [4.78, 5) is 13.6. The van der Waals surface area contributed by atoms with Gasteiger partial charge in [-0.1, -0.05) is 12.1 Å². The number of hydrogen-bond donors (Lipinski definition) is 1. The third-order valence-corrected chi connectivity index (χ3v) is 5.70. The van der Waals surface area contributed by atoms with Gasteiger partial charge in [0.1, 0.15) is 24.2 Å². The van der Waals surface area contributed by atoms with Gasteiger partial charge < -0.3 is 10.2 Å². The van der Waals surface area contributed by atoms with E-state index in [1.54, 1.807) is 11.0 Å². The highest BCUT2D eigenvalue weighted by Gasteiger charge is 2.33. The number of anilines is 2. The van der Waals surface area contributed by atoms with Gasteiger partial charge in [-0.25, -0.2) is 19.6 Å². The van der Waals surface area contributed by atoms with E-state index in [1.165, 1.54) is 6.33 Å². The first-order valence-corrected chi connectivity index (χ1v) is 11.1. The number of alkyl halides is 3. The van der Waals surface area contributed by atoms with Crippen molar-refractivity contribution in [3.63, 3.8) is 0 Å². The maximum atomic E-state index is 12.9. The van der Waals surface area contributed by atoms with Crippen molar-refractivity contribution in [2.75, 3.05) is 16.8 Å². The van der Waals surface area contributed by atoms with Crippen LogP contribution < -0.4 is 10.2 Å². The normalized spacial score (nSPS) is 13.7. The fraction of sp³-hybridized carbons (Fsp3) is 0.364. The lowest BCUT2D eigenvalue weighted by Gasteiger charge is -2.24. The molecule has 0 bridgehead atoms. The van der Waals surface area contributed by atoms with E-state index in [0.717, 1.165) is 48.1 Å². The average molecular weight is 484 g/mol. The molecule has 10 nitrogen and oxygen atoms in total. The van der Waals surface area contributed by atoms with Crippen LogP contribution in [0.3, 0.4) is 0 Å². The Balaban J connectivity index is 1.28. The molecule has 182 valence electrons. The van der Waals surface area contributed by atoms with Gasteiger partial charge in [-0.2, -0.15) is 18.3 Å². The van der Waals surface area contributed by atoms with Crippen LogP contribution in [0.15, 0.2) is 49.2 Å². The van der Waals surface area contributed by atoms with E-state index in [0.29, 0.717) is 25.7 Å². The molecular weight excluding hydrogens is 461 g/mol. The molecule has 0 aliphatic heterocycles. The molecule has 0 saturated heterocycles. The van der Waals surface area contributed by atoms with Crippen LogP contribution in [-0.4, -0.2) is 52.1 Å². The van der Waals surface area contributed by atoms with Crippen LogP contribution >= 0.6 is 0 Å². The highest BCUT2D eigenvalue weighted by molar-refractivity contribution is 5.40. The van der Waals surface area contributed by atoms with Gasteiger partial charge >= 0.3 is 6.18 Å². The first kappa shape index (κ1) is 22.7. The van der Waals surface area contributed by atoms with Crippen molar-refractivity contribution in [3.8, 4) is 5.69 Å². The third kappa shape index (κ3) is 5.23. The maximum Gasteiger partial charge on any atom is 0.433 e. The summed E-state index contributed by atoms with van der Waals surface area (Å²) in [7, 11) is 0. The van der Waals surface area contributed by atoms with Gasteiger partial charge in [-0.05, 0) is 43.5 Å². The van der Waals surface area contributed by atoms with E-state index < -0.39 is 11.9 Å². The molecule has 0 radical (unpaired) electrons. The molecule has 1 aromatic carbocycles. The molecular formula is C22H23F3N10. The molecule has 1 fully saturated rings. The van der Waals surface area contributed by atoms with Crippen molar-refractivity contribution in [1.29, 1.82) is 0 Å². The Bertz CT molecular complexity index is 1260. The lowest BCUT2D eigenvalue weighted by molar-refractivity contribution is -0.141. The summed E-state index contributed by atoms with van der Waals surface area (Å²) in [6.45, 7) is 3.28. The second kappa shape index (κ2) is 9.31. The Kier molecular flexibility index (Phi) is 6.05. The molecule has 0 atom stereocenters. The van der Waals surface area contributed by atoms with Crippen LogP contribution in [0, 0.1) is 6.92 Å². The summed E-state index contributed by atoms with van der Waals surface area (Å²) in [6.07, 6.45) is 1.85. The second-order valence-corrected chi connectivity index (χ2v) is 8.25. The van der Waals surface area contributed by atoms with Crippen molar-refractivity contribution in [3.05, 3.63) is 66.3 Å². The Morgan fingerprint density at radius 3 is 2.60 bits per heavy atom. The zero-order valence-electron chi connectivity index (χ0n) is 18.9. The van der Waals surface area contributed by atoms with Gasteiger partial charge in [-0.15, -0.1) is 10.2 Å². The van der Waals surface area contributed by atoms with E-state index in [4.69, 9.17) is 0 Å². The van der Waals surface area contributed by atoms with Crippen LogP contribution in [0.4, 0.5) is 25.1 Å². The maximum absolute atomic E-state index is 12.9. The monoisotopic (exact) mass is 484 g/mol. The van der Waals surface area contributed by atoms with Crippen molar-refractivity contribution < 1.29 is 13.2 Å². The average Bonchev–Trinajstić information content (AvgIpc) is 3.41. The minimum atomic E-state index is -4.52. The van der Waals surface area contributed by atoms with Gasteiger partial charge in [0.15, 0.2) is 0 Å². The summed E-state index contributed by atoms with van der Waals surface area (Å²) in [5.41, 5.74) is 1.06. The van der Waals surface area contributed by atoms with E-state index >= 15 is 0 Å². The van der Waals surface area contributed by atoms with Crippen molar-refractivity contribution in [2.45, 2.75) is 45.1 Å². The quantitative estimate of drug-likeness (QED) is 0.386. The molecule has 1 aliphatic rings. The molecule has 0 amide bonds. The topological polar surface area (TPSA) is 102 Å². The van der Waals surface area contributed by atoms with Crippen molar-refractivity contribution in [1.82, 2.24) is 39.5 Å². The fourth-order valence-electron chi connectivity index (χ4n) is 3.77. The molecule has 35 heavy (non-hydrogen) atoms. The van der Waals surface area contributed by atoms with Crippen LogP contribution in [-0.2, 0) is 19.3 Å². The van der Waals surface area contributed by atoms with Crippen LogP contribution in [0.2, 0.25) is 0 Å². The molecule has 1 aliphatic carbocycles. The minimum absolute atomic E-state index is 0.0707. The molecule has 5 rings (SSSR count).